The van der Waals surface area contributed by atoms with Crippen molar-refractivity contribution in [3.63, 3.8) is 0 Å². The highest BCUT2D eigenvalue weighted by Crippen LogP contribution is 2.29. The smallest absolute Gasteiger partial charge is 0.229 e. The molecule has 3 aromatic rings. The van der Waals surface area contributed by atoms with Crippen molar-refractivity contribution in [1.29, 1.82) is 0 Å². The van der Waals surface area contributed by atoms with Gasteiger partial charge in [0.25, 0.3) is 0 Å². The quantitative estimate of drug-likeness (QED) is 0.799. The molecule has 1 unspecified atom stereocenters. The van der Waals surface area contributed by atoms with Crippen LogP contribution in [0.1, 0.15) is 35.6 Å². The van der Waals surface area contributed by atoms with Crippen LogP contribution < -0.4 is 5.32 Å². The van der Waals surface area contributed by atoms with Gasteiger partial charge in [-0.05, 0) is 48.6 Å². The van der Waals surface area contributed by atoms with E-state index in [0.717, 1.165) is 36.2 Å². The fraction of sp³-hybridized carbons (Fsp3) is 0.250. The number of nitrogens with zero attached hydrogens (tertiary/aromatic N) is 3. The van der Waals surface area contributed by atoms with Crippen LogP contribution in [0.25, 0.3) is 5.69 Å². The molecule has 0 fully saturated rings. The van der Waals surface area contributed by atoms with Crippen LogP contribution >= 0.6 is 0 Å². The van der Waals surface area contributed by atoms with Crippen molar-refractivity contribution in [2.75, 3.05) is 0 Å². The van der Waals surface area contributed by atoms with Gasteiger partial charge < -0.3 is 9.88 Å². The second-order valence-corrected chi connectivity index (χ2v) is 6.35. The summed E-state index contributed by atoms with van der Waals surface area (Å²) in [7, 11) is 0. The van der Waals surface area contributed by atoms with Crippen molar-refractivity contribution in [2.45, 2.75) is 31.7 Å². The number of imidazole rings is 1. The average Bonchev–Trinajstić information content (AvgIpc) is 3.21. The minimum atomic E-state index is -0.129. The van der Waals surface area contributed by atoms with Gasteiger partial charge in [-0.15, -0.1) is 0 Å². The van der Waals surface area contributed by atoms with Crippen molar-refractivity contribution in [3.05, 3.63) is 78.1 Å². The molecule has 4 rings (SSSR count). The number of hydrogen-bond acceptors (Lipinski definition) is 3. The molecule has 1 aromatic carbocycles. The fourth-order valence-electron chi connectivity index (χ4n) is 3.37. The SMILES string of the molecule is O=C(NCc1ccc(-n2ccnc2)cc1)C1CCCc2cccnc21. The van der Waals surface area contributed by atoms with Gasteiger partial charge in [-0.2, -0.15) is 0 Å². The molecule has 126 valence electrons. The summed E-state index contributed by atoms with van der Waals surface area (Å²) in [6.45, 7) is 0.529. The number of aromatic nitrogens is 3. The van der Waals surface area contributed by atoms with E-state index in [1.807, 2.05) is 41.1 Å². The molecule has 0 saturated carbocycles. The van der Waals surface area contributed by atoms with Crippen molar-refractivity contribution >= 4 is 5.91 Å². The average molecular weight is 332 g/mol. The Bertz CT molecular complexity index is 856. The summed E-state index contributed by atoms with van der Waals surface area (Å²) < 4.78 is 1.95. The molecule has 2 aromatic heterocycles. The van der Waals surface area contributed by atoms with Gasteiger partial charge in [0, 0.05) is 30.8 Å². The van der Waals surface area contributed by atoms with E-state index in [9.17, 15) is 4.79 Å². The third kappa shape index (κ3) is 3.31. The minimum Gasteiger partial charge on any atom is -0.351 e. The molecule has 0 spiro atoms. The van der Waals surface area contributed by atoms with Crippen molar-refractivity contribution in [2.24, 2.45) is 0 Å². The maximum absolute atomic E-state index is 12.6. The largest absolute Gasteiger partial charge is 0.351 e. The zero-order valence-electron chi connectivity index (χ0n) is 13.9. The van der Waals surface area contributed by atoms with Gasteiger partial charge in [-0.3, -0.25) is 9.78 Å². The maximum Gasteiger partial charge on any atom is 0.229 e. The van der Waals surface area contributed by atoms with E-state index >= 15 is 0 Å². The molecule has 1 aliphatic carbocycles. The summed E-state index contributed by atoms with van der Waals surface area (Å²) in [6.07, 6.45) is 10.1. The van der Waals surface area contributed by atoms with E-state index in [0.29, 0.717) is 6.54 Å². The molecule has 0 radical (unpaired) electrons. The predicted octanol–water partition coefficient (Wildman–Crippen LogP) is 3.00. The van der Waals surface area contributed by atoms with Gasteiger partial charge in [0.05, 0.1) is 17.9 Å². The van der Waals surface area contributed by atoms with Gasteiger partial charge in [0.1, 0.15) is 0 Å². The fourth-order valence-corrected chi connectivity index (χ4v) is 3.37. The van der Waals surface area contributed by atoms with E-state index in [4.69, 9.17) is 0 Å². The van der Waals surface area contributed by atoms with Crippen molar-refractivity contribution in [3.8, 4) is 5.69 Å². The summed E-state index contributed by atoms with van der Waals surface area (Å²) in [5.74, 6) is -0.0616. The summed E-state index contributed by atoms with van der Waals surface area (Å²) in [6, 6.07) is 12.1. The molecule has 1 aliphatic rings. The Morgan fingerprint density at radius 1 is 1.20 bits per heavy atom. The normalized spacial score (nSPS) is 16.2. The van der Waals surface area contributed by atoms with Crippen LogP contribution in [0.15, 0.2) is 61.3 Å². The lowest BCUT2D eigenvalue weighted by molar-refractivity contribution is -0.123. The monoisotopic (exact) mass is 332 g/mol. The number of pyridine rings is 1. The Labute approximate surface area is 146 Å². The zero-order chi connectivity index (χ0) is 17.1. The van der Waals surface area contributed by atoms with Crippen LogP contribution in [0.4, 0.5) is 0 Å². The first-order valence-corrected chi connectivity index (χ1v) is 8.60. The van der Waals surface area contributed by atoms with Crippen LogP contribution in [-0.2, 0) is 17.8 Å². The summed E-state index contributed by atoms with van der Waals surface area (Å²) in [5, 5.41) is 3.07. The lowest BCUT2D eigenvalue weighted by atomic mass is 9.86. The molecule has 1 N–H and O–H groups in total. The molecule has 25 heavy (non-hydrogen) atoms. The van der Waals surface area contributed by atoms with E-state index in [-0.39, 0.29) is 11.8 Å². The van der Waals surface area contributed by atoms with Gasteiger partial charge in [0.15, 0.2) is 0 Å². The molecule has 5 heteroatoms. The standard InChI is InChI=1S/C20H20N4O/c25-20(18-5-1-3-16-4-2-10-22-19(16)18)23-13-15-6-8-17(9-7-15)24-12-11-21-14-24/h2,4,6-12,14,18H,1,3,5,13H2,(H,23,25). The number of carbonyl (C=O) groups excluding carboxylic acids is 1. The number of carbonyl (C=O) groups is 1. The molecule has 1 amide bonds. The maximum atomic E-state index is 12.6. The summed E-state index contributed by atoms with van der Waals surface area (Å²) >= 11 is 0. The molecule has 0 saturated heterocycles. The van der Waals surface area contributed by atoms with Crippen LogP contribution in [0, 0.1) is 0 Å². The Morgan fingerprint density at radius 2 is 2.08 bits per heavy atom. The molecular weight excluding hydrogens is 312 g/mol. The molecular formula is C20H20N4O. The predicted molar refractivity (Wildman–Crippen MR) is 95.3 cm³/mol. The zero-order valence-corrected chi connectivity index (χ0v) is 13.9. The Balaban J connectivity index is 1.41. The van der Waals surface area contributed by atoms with Crippen molar-refractivity contribution < 1.29 is 4.79 Å². The first-order valence-electron chi connectivity index (χ1n) is 8.60. The number of amides is 1. The van der Waals surface area contributed by atoms with Crippen LogP contribution in [0.3, 0.4) is 0 Å². The Morgan fingerprint density at radius 3 is 2.88 bits per heavy atom. The first kappa shape index (κ1) is 15.6. The number of aryl methyl sites for hydroxylation is 1. The van der Waals surface area contributed by atoms with E-state index in [1.54, 1.807) is 18.7 Å². The van der Waals surface area contributed by atoms with Gasteiger partial charge in [0.2, 0.25) is 5.91 Å². The third-order valence-electron chi connectivity index (χ3n) is 4.72. The van der Waals surface area contributed by atoms with Crippen molar-refractivity contribution in [1.82, 2.24) is 19.9 Å². The second kappa shape index (κ2) is 6.89. The lowest BCUT2D eigenvalue weighted by Gasteiger charge is -2.23. The minimum absolute atomic E-state index is 0.0679. The van der Waals surface area contributed by atoms with Gasteiger partial charge >= 0.3 is 0 Å². The second-order valence-electron chi connectivity index (χ2n) is 6.35. The first-order chi connectivity index (χ1) is 12.3. The highest BCUT2D eigenvalue weighted by atomic mass is 16.1. The van der Waals surface area contributed by atoms with Crippen LogP contribution in [0.2, 0.25) is 0 Å². The third-order valence-corrected chi connectivity index (χ3v) is 4.72. The van der Waals surface area contributed by atoms with E-state index in [1.165, 1.54) is 5.56 Å². The summed E-state index contributed by atoms with van der Waals surface area (Å²) in [4.78, 5) is 21.1. The number of hydrogen-bond donors (Lipinski definition) is 1. The molecule has 0 aliphatic heterocycles. The lowest BCUT2D eigenvalue weighted by Crippen LogP contribution is -2.31. The highest BCUT2D eigenvalue weighted by molar-refractivity contribution is 5.83. The number of rotatable bonds is 4. The van der Waals surface area contributed by atoms with E-state index < -0.39 is 0 Å². The number of benzene rings is 1. The Hall–Kier alpha value is -2.95. The number of fused-ring (bicyclic) bond motifs is 1. The number of nitrogens with one attached hydrogen (secondary N) is 1. The van der Waals surface area contributed by atoms with Crippen LogP contribution in [-0.4, -0.2) is 20.4 Å². The van der Waals surface area contributed by atoms with E-state index in [2.05, 4.69) is 21.4 Å². The molecule has 2 heterocycles. The summed E-state index contributed by atoms with van der Waals surface area (Å²) in [5.41, 5.74) is 4.28. The van der Waals surface area contributed by atoms with Gasteiger partial charge in [-0.25, -0.2) is 4.98 Å². The topological polar surface area (TPSA) is 59.8 Å². The Kier molecular flexibility index (Phi) is 4.29. The molecule has 1 atom stereocenters. The molecule has 0 bridgehead atoms. The highest BCUT2D eigenvalue weighted by Gasteiger charge is 2.27. The van der Waals surface area contributed by atoms with Gasteiger partial charge in [-0.1, -0.05) is 18.2 Å². The van der Waals surface area contributed by atoms with Crippen LogP contribution in [0.5, 0.6) is 0 Å². The molecule has 5 nitrogen and oxygen atoms in total.